The summed E-state index contributed by atoms with van der Waals surface area (Å²) in [5, 5.41) is 12.6. The van der Waals surface area contributed by atoms with Gasteiger partial charge in [-0.3, -0.25) is 0 Å². The van der Waals surface area contributed by atoms with E-state index in [1.54, 1.807) is 18.3 Å². The third-order valence-electron chi connectivity index (χ3n) is 2.38. The number of anilines is 1. The fourth-order valence-corrected chi connectivity index (χ4v) is 1.49. The number of nitrogens with one attached hydrogen (secondary N) is 1. The number of phenols is 1. The van der Waals surface area contributed by atoms with E-state index < -0.39 is 0 Å². The summed E-state index contributed by atoms with van der Waals surface area (Å²) in [5.41, 5.74) is 1.02. The number of pyridine rings is 1. The maximum Gasteiger partial charge on any atom is 0.160 e. The second kappa shape index (κ2) is 5.21. The number of hydrogen-bond acceptors (Lipinski definition) is 4. The van der Waals surface area contributed by atoms with Crippen molar-refractivity contribution in [2.75, 3.05) is 12.4 Å². The van der Waals surface area contributed by atoms with E-state index in [2.05, 4.69) is 10.3 Å². The van der Waals surface area contributed by atoms with Gasteiger partial charge < -0.3 is 15.2 Å². The van der Waals surface area contributed by atoms with Crippen LogP contribution in [0, 0.1) is 0 Å². The van der Waals surface area contributed by atoms with Gasteiger partial charge in [0.25, 0.3) is 0 Å². The molecule has 0 aliphatic heterocycles. The van der Waals surface area contributed by atoms with Gasteiger partial charge in [0.15, 0.2) is 11.5 Å². The van der Waals surface area contributed by atoms with Crippen LogP contribution in [0.5, 0.6) is 11.5 Å². The van der Waals surface area contributed by atoms with Crippen molar-refractivity contribution in [1.82, 2.24) is 4.98 Å². The van der Waals surface area contributed by atoms with Crippen LogP contribution in [0.25, 0.3) is 0 Å². The molecule has 2 N–H and O–H groups in total. The molecule has 88 valence electrons. The maximum atomic E-state index is 9.46. The minimum absolute atomic E-state index is 0.147. The van der Waals surface area contributed by atoms with Gasteiger partial charge in [-0.15, -0.1) is 0 Å². The first-order valence-electron chi connectivity index (χ1n) is 5.30. The van der Waals surface area contributed by atoms with Crippen molar-refractivity contribution < 1.29 is 9.84 Å². The van der Waals surface area contributed by atoms with Crippen LogP contribution in [0.1, 0.15) is 5.56 Å². The Hall–Kier alpha value is -2.23. The molecular formula is C13H14N2O2. The highest BCUT2D eigenvalue weighted by Crippen LogP contribution is 2.26. The number of ether oxygens (including phenoxy) is 1. The quantitative estimate of drug-likeness (QED) is 0.846. The van der Waals surface area contributed by atoms with Gasteiger partial charge in [0.2, 0.25) is 0 Å². The molecule has 17 heavy (non-hydrogen) atoms. The number of aromatic hydroxyl groups is 1. The lowest BCUT2D eigenvalue weighted by atomic mass is 10.2. The molecule has 4 nitrogen and oxygen atoms in total. The summed E-state index contributed by atoms with van der Waals surface area (Å²) in [6.45, 7) is 0.633. The average Bonchev–Trinajstić information content (AvgIpc) is 2.39. The van der Waals surface area contributed by atoms with Gasteiger partial charge >= 0.3 is 0 Å². The summed E-state index contributed by atoms with van der Waals surface area (Å²) in [7, 11) is 1.53. The Morgan fingerprint density at radius 2 is 2.18 bits per heavy atom. The largest absolute Gasteiger partial charge is 0.504 e. The summed E-state index contributed by atoms with van der Waals surface area (Å²) >= 11 is 0. The highest BCUT2D eigenvalue weighted by atomic mass is 16.5. The first-order chi connectivity index (χ1) is 8.29. The van der Waals surface area contributed by atoms with E-state index >= 15 is 0 Å². The standard InChI is InChI=1S/C13H14N2O2/c1-17-12-8-10(5-6-11(12)16)9-15-13-4-2-3-7-14-13/h2-8,16H,9H2,1H3,(H,14,15). The van der Waals surface area contributed by atoms with Crippen LogP contribution in [0.4, 0.5) is 5.82 Å². The molecule has 0 unspecified atom stereocenters. The van der Waals surface area contributed by atoms with Crippen molar-refractivity contribution in [2.24, 2.45) is 0 Å². The molecule has 1 aromatic carbocycles. The number of aromatic nitrogens is 1. The van der Waals surface area contributed by atoms with Crippen molar-refractivity contribution in [3.8, 4) is 11.5 Å². The van der Waals surface area contributed by atoms with E-state index in [1.807, 2.05) is 24.3 Å². The Kier molecular flexibility index (Phi) is 3.45. The third-order valence-corrected chi connectivity index (χ3v) is 2.38. The van der Waals surface area contributed by atoms with Crippen LogP contribution in [0.3, 0.4) is 0 Å². The number of hydrogen-bond donors (Lipinski definition) is 2. The van der Waals surface area contributed by atoms with E-state index in [0.717, 1.165) is 11.4 Å². The highest BCUT2D eigenvalue weighted by Gasteiger charge is 2.02. The van der Waals surface area contributed by atoms with Gasteiger partial charge in [0.05, 0.1) is 7.11 Å². The van der Waals surface area contributed by atoms with Crippen LogP contribution >= 0.6 is 0 Å². The maximum absolute atomic E-state index is 9.46. The molecule has 0 bridgehead atoms. The molecule has 0 saturated carbocycles. The van der Waals surface area contributed by atoms with Crippen LogP contribution in [0.15, 0.2) is 42.6 Å². The van der Waals surface area contributed by atoms with E-state index in [9.17, 15) is 5.11 Å². The molecule has 4 heteroatoms. The van der Waals surface area contributed by atoms with Crippen LogP contribution in [0.2, 0.25) is 0 Å². The van der Waals surface area contributed by atoms with Gasteiger partial charge in [-0.1, -0.05) is 12.1 Å². The lowest BCUT2D eigenvalue weighted by Crippen LogP contribution is -2.01. The smallest absolute Gasteiger partial charge is 0.160 e. The molecule has 0 amide bonds. The first kappa shape index (κ1) is 11.3. The van der Waals surface area contributed by atoms with E-state index in [-0.39, 0.29) is 5.75 Å². The molecule has 0 aliphatic carbocycles. The predicted molar refractivity (Wildman–Crippen MR) is 66.2 cm³/mol. The van der Waals surface area contributed by atoms with E-state index in [1.165, 1.54) is 7.11 Å². The van der Waals surface area contributed by atoms with Crippen molar-refractivity contribution >= 4 is 5.82 Å². The van der Waals surface area contributed by atoms with Crippen LogP contribution in [-0.2, 0) is 6.54 Å². The highest BCUT2D eigenvalue weighted by molar-refractivity contribution is 5.43. The molecule has 1 heterocycles. The molecular weight excluding hydrogens is 216 g/mol. The van der Waals surface area contributed by atoms with Crippen molar-refractivity contribution in [2.45, 2.75) is 6.54 Å². The molecule has 0 radical (unpaired) electrons. The lowest BCUT2D eigenvalue weighted by molar-refractivity contribution is 0.373. The molecule has 0 atom stereocenters. The Labute approximate surface area is 99.9 Å². The molecule has 2 aromatic rings. The minimum atomic E-state index is 0.147. The third kappa shape index (κ3) is 2.87. The van der Waals surface area contributed by atoms with Gasteiger partial charge in [0.1, 0.15) is 5.82 Å². The normalized spacial score (nSPS) is 9.94. The first-order valence-corrected chi connectivity index (χ1v) is 5.30. The minimum Gasteiger partial charge on any atom is -0.504 e. The number of nitrogens with zero attached hydrogens (tertiary/aromatic N) is 1. The monoisotopic (exact) mass is 230 g/mol. The predicted octanol–water partition coefficient (Wildman–Crippen LogP) is 2.41. The van der Waals surface area contributed by atoms with Gasteiger partial charge in [-0.25, -0.2) is 4.98 Å². The Morgan fingerprint density at radius 3 is 2.88 bits per heavy atom. The van der Waals surface area contributed by atoms with Gasteiger partial charge in [0, 0.05) is 12.7 Å². The number of methoxy groups -OCH3 is 1. The molecule has 0 spiro atoms. The molecule has 0 fully saturated rings. The van der Waals surface area contributed by atoms with Crippen LogP contribution < -0.4 is 10.1 Å². The van der Waals surface area contributed by atoms with Crippen molar-refractivity contribution in [3.63, 3.8) is 0 Å². The van der Waals surface area contributed by atoms with E-state index in [0.29, 0.717) is 12.3 Å². The molecule has 0 saturated heterocycles. The second-order valence-electron chi connectivity index (χ2n) is 3.57. The Balaban J connectivity index is 2.04. The topological polar surface area (TPSA) is 54.4 Å². The summed E-state index contributed by atoms with van der Waals surface area (Å²) < 4.78 is 5.04. The van der Waals surface area contributed by atoms with Crippen molar-refractivity contribution in [3.05, 3.63) is 48.2 Å². The zero-order valence-electron chi connectivity index (χ0n) is 9.55. The fourth-order valence-electron chi connectivity index (χ4n) is 1.49. The zero-order chi connectivity index (χ0) is 12.1. The SMILES string of the molecule is COc1cc(CNc2ccccn2)ccc1O. The number of rotatable bonds is 4. The number of phenolic OH excluding ortho intramolecular Hbond substituents is 1. The molecule has 1 aromatic heterocycles. The molecule has 2 rings (SSSR count). The second-order valence-corrected chi connectivity index (χ2v) is 3.57. The zero-order valence-corrected chi connectivity index (χ0v) is 9.55. The van der Waals surface area contributed by atoms with Crippen LogP contribution in [-0.4, -0.2) is 17.2 Å². The van der Waals surface area contributed by atoms with Gasteiger partial charge in [-0.05, 0) is 29.8 Å². The van der Waals surface area contributed by atoms with E-state index in [4.69, 9.17) is 4.74 Å². The fraction of sp³-hybridized carbons (Fsp3) is 0.154. The molecule has 0 aliphatic rings. The van der Waals surface area contributed by atoms with Crippen molar-refractivity contribution in [1.29, 1.82) is 0 Å². The number of benzene rings is 1. The summed E-state index contributed by atoms with van der Waals surface area (Å²) in [6, 6.07) is 11.0. The lowest BCUT2D eigenvalue weighted by Gasteiger charge is -2.08. The Bertz CT molecular complexity index is 486. The summed E-state index contributed by atoms with van der Waals surface area (Å²) in [4.78, 5) is 4.16. The summed E-state index contributed by atoms with van der Waals surface area (Å²) in [6.07, 6.45) is 1.74. The Morgan fingerprint density at radius 1 is 1.29 bits per heavy atom. The average molecular weight is 230 g/mol. The summed E-state index contributed by atoms with van der Waals surface area (Å²) in [5.74, 6) is 1.44. The van der Waals surface area contributed by atoms with Gasteiger partial charge in [-0.2, -0.15) is 0 Å².